The minimum absolute atomic E-state index is 0.529. The fourth-order valence-corrected chi connectivity index (χ4v) is 5.39. The Morgan fingerprint density at radius 3 is 2.52 bits per heavy atom. The van der Waals surface area contributed by atoms with Gasteiger partial charge < -0.3 is 9.64 Å². The second-order valence-electron chi connectivity index (χ2n) is 9.10. The molecular weight excluding hydrogens is 332 g/mol. The lowest BCUT2D eigenvalue weighted by Gasteiger charge is -2.44. The summed E-state index contributed by atoms with van der Waals surface area (Å²) in [6, 6.07) is 4.15. The standard InChI is InChI=1S/C24H36N2O/c1-2-17-26(16-1)18-19-27-23-9-13-24(14-10-23)11-7-21(8-12-24)5-6-22-4-3-15-25-20-22/h3-6,15,20-21,23H,1-2,7-14,16-19H2/b6-5+. The normalized spacial score (nSPS) is 32.4. The van der Waals surface area contributed by atoms with Crippen molar-refractivity contribution >= 4 is 6.08 Å². The van der Waals surface area contributed by atoms with Crippen molar-refractivity contribution in [2.24, 2.45) is 11.3 Å². The smallest absolute Gasteiger partial charge is 0.0597 e. The van der Waals surface area contributed by atoms with Crippen molar-refractivity contribution in [3.63, 3.8) is 0 Å². The fraction of sp³-hybridized carbons (Fsp3) is 0.708. The first kappa shape index (κ1) is 19.1. The average Bonchev–Trinajstić information content (AvgIpc) is 3.24. The Kier molecular flexibility index (Phi) is 6.62. The van der Waals surface area contributed by atoms with E-state index in [9.17, 15) is 0 Å². The fourth-order valence-electron chi connectivity index (χ4n) is 5.39. The van der Waals surface area contributed by atoms with Crippen molar-refractivity contribution in [2.75, 3.05) is 26.2 Å². The molecule has 1 aliphatic heterocycles. The van der Waals surface area contributed by atoms with E-state index in [0.717, 1.165) is 19.1 Å². The van der Waals surface area contributed by atoms with Crippen LogP contribution in [0.1, 0.15) is 69.8 Å². The van der Waals surface area contributed by atoms with E-state index < -0.39 is 0 Å². The molecule has 1 aromatic heterocycles. The lowest BCUT2D eigenvalue weighted by atomic mass is 9.63. The number of hydrogen-bond donors (Lipinski definition) is 0. The minimum Gasteiger partial charge on any atom is -0.377 e. The maximum Gasteiger partial charge on any atom is 0.0597 e. The summed E-state index contributed by atoms with van der Waals surface area (Å²) in [5.74, 6) is 0.755. The van der Waals surface area contributed by atoms with Crippen LogP contribution in [-0.2, 0) is 4.74 Å². The van der Waals surface area contributed by atoms with E-state index in [-0.39, 0.29) is 0 Å². The molecule has 1 aromatic rings. The lowest BCUT2D eigenvalue weighted by molar-refractivity contribution is -0.0216. The Labute approximate surface area is 165 Å². The summed E-state index contributed by atoms with van der Waals surface area (Å²) in [5, 5.41) is 0. The molecule has 148 valence electrons. The first-order chi connectivity index (χ1) is 13.3. The van der Waals surface area contributed by atoms with E-state index in [0.29, 0.717) is 11.5 Å². The van der Waals surface area contributed by atoms with Gasteiger partial charge in [-0.15, -0.1) is 0 Å². The highest BCUT2D eigenvalue weighted by Crippen LogP contribution is 2.49. The van der Waals surface area contributed by atoms with Gasteiger partial charge in [0.05, 0.1) is 12.7 Å². The summed E-state index contributed by atoms with van der Waals surface area (Å²) in [4.78, 5) is 6.76. The highest BCUT2D eigenvalue weighted by Gasteiger charge is 2.38. The van der Waals surface area contributed by atoms with Gasteiger partial charge in [-0.25, -0.2) is 0 Å². The predicted molar refractivity (Wildman–Crippen MR) is 112 cm³/mol. The third-order valence-corrected chi connectivity index (χ3v) is 7.29. The maximum atomic E-state index is 6.23. The summed E-state index contributed by atoms with van der Waals surface area (Å²) in [7, 11) is 0. The number of ether oxygens (including phenoxy) is 1. The Morgan fingerprint density at radius 1 is 1.07 bits per heavy atom. The molecule has 1 spiro atoms. The van der Waals surface area contributed by atoms with Crippen LogP contribution in [0.4, 0.5) is 0 Å². The molecule has 3 heteroatoms. The van der Waals surface area contributed by atoms with Gasteiger partial charge in [0.1, 0.15) is 0 Å². The van der Waals surface area contributed by atoms with Gasteiger partial charge in [0, 0.05) is 18.9 Å². The number of aromatic nitrogens is 1. The van der Waals surface area contributed by atoms with Gasteiger partial charge in [0.15, 0.2) is 0 Å². The van der Waals surface area contributed by atoms with Crippen LogP contribution in [0.3, 0.4) is 0 Å². The molecule has 0 radical (unpaired) electrons. The number of hydrogen-bond acceptors (Lipinski definition) is 3. The van der Waals surface area contributed by atoms with Gasteiger partial charge in [-0.2, -0.15) is 0 Å². The van der Waals surface area contributed by atoms with E-state index in [2.05, 4.69) is 28.1 Å². The van der Waals surface area contributed by atoms with Gasteiger partial charge in [-0.1, -0.05) is 18.2 Å². The van der Waals surface area contributed by atoms with Gasteiger partial charge >= 0.3 is 0 Å². The molecule has 4 rings (SSSR count). The predicted octanol–water partition coefficient (Wildman–Crippen LogP) is 5.33. The highest BCUT2D eigenvalue weighted by atomic mass is 16.5. The van der Waals surface area contributed by atoms with Gasteiger partial charge in [0.25, 0.3) is 0 Å². The van der Waals surface area contributed by atoms with Crippen molar-refractivity contribution in [1.82, 2.24) is 9.88 Å². The first-order valence-corrected chi connectivity index (χ1v) is 11.2. The van der Waals surface area contributed by atoms with E-state index >= 15 is 0 Å². The largest absolute Gasteiger partial charge is 0.377 e. The first-order valence-electron chi connectivity index (χ1n) is 11.2. The van der Waals surface area contributed by atoms with Crippen molar-refractivity contribution in [1.29, 1.82) is 0 Å². The number of nitrogens with zero attached hydrogens (tertiary/aromatic N) is 2. The van der Waals surface area contributed by atoms with E-state index in [4.69, 9.17) is 4.74 Å². The molecule has 2 aliphatic carbocycles. The molecule has 0 atom stereocenters. The van der Waals surface area contributed by atoms with Crippen LogP contribution in [0.5, 0.6) is 0 Å². The Balaban J connectivity index is 1.16. The second-order valence-corrected chi connectivity index (χ2v) is 9.10. The van der Waals surface area contributed by atoms with Crippen LogP contribution in [0.15, 0.2) is 30.6 Å². The molecule has 3 fully saturated rings. The third-order valence-electron chi connectivity index (χ3n) is 7.29. The van der Waals surface area contributed by atoms with Crippen LogP contribution in [0.2, 0.25) is 0 Å². The molecule has 3 aliphatic rings. The van der Waals surface area contributed by atoms with Crippen molar-refractivity contribution in [3.8, 4) is 0 Å². The maximum absolute atomic E-state index is 6.23. The van der Waals surface area contributed by atoms with Crippen LogP contribution in [0, 0.1) is 11.3 Å². The zero-order valence-electron chi connectivity index (χ0n) is 16.8. The summed E-state index contributed by atoms with van der Waals surface area (Å²) in [5.41, 5.74) is 1.86. The zero-order chi connectivity index (χ0) is 18.4. The molecule has 3 nitrogen and oxygen atoms in total. The molecule has 2 saturated carbocycles. The molecule has 0 N–H and O–H groups in total. The number of pyridine rings is 1. The van der Waals surface area contributed by atoms with E-state index in [1.807, 2.05) is 18.5 Å². The summed E-state index contributed by atoms with van der Waals surface area (Å²) in [6.07, 6.45) is 22.7. The lowest BCUT2D eigenvalue weighted by Crippen LogP contribution is -2.35. The summed E-state index contributed by atoms with van der Waals surface area (Å²) in [6.45, 7) is 4.66. The Bertz CT molecular complexity index is 576. The molecule has 1 saturated heterocycles. The quantitative estimate of drug-likeness (QED) is 0.679. The van der Waals surface area contributed by atoms with Crippen LogP contribution in [-0.4, -0.2) is 42.2 Å². The van der Waals surface area contributed by atoms with Crippen LogP contribution in [0.25, 0.3) is 6.08 Å². The Hall–Kier alpha value is -1.19. The molecular formula is C24H36N2O. The van der Waals surface area contributed by atoms with Gasteiger partial charge in [0.2, 0.25) is 0 Å². The number of rotatable bonds is 6. The topological polar surface area (TPSA) is 25.4 Å². The average molecular weight is 369 g/mol. The molecule has 2 heterocycles. The van der Waals surface area contributed by atoms with Crippen LogP contribution < -0.4 is 0 Å². The zero-order valence-corrected chi connectivity index (χ0v) is 16.8. The number of likely N-dealkylation sites (tertiary alicyclic amines) is 1. The van der Waals surface area contributed by atoms with Gasteiger partial charge in [-0.05, 0) is 100 Å². The third kappa shape index (κ3) is 5.42. The highest BCUT2D eigenvalue weighted by molar-refractivity contribution is 5.47. The molecule has 0 amide bonds. The molecule has 0 unspecified atom stereocenters. The van der Waals surface area contributed by atoms with Crippen molar-refractivity contribution in [2.45, 2.75) is 70.3 Å². The minimum atomic E-state index is 0.529. The monoisotopic (exact) mass is 368 g/mol. The summed E-state index contributed by atoms with van der Waals surface area (Å²) >= 11 is 0. The van der Waals surface area contributed by atoms with Gasteiger partial charge in [-0.3, -0.25) is 4.98 Å². The number of allylic oxidation sites excluding steroid dienone is 1. The van der Waals surface area contributed by atoms with Crippen molar-refractivity contribution in [3.05, 3.63) is 36.2 Å². The Morgan fingerprint density at radius 2 is 1.81 bits per heavy atom. The molecule has 0 bridgehead atoms. The summed E-state index contributed by atoms with van der Waals surface area (Å²) < 4.78 is 6.23. The van der Waals surface area contributed by atoms with Crippen LogP contribution >= 0.6 is 0 Å². The molecule has 0 aromatic carbocycles. The van der Waals surface area contributed by atoms with E-state index in [1.54, 1.807) is 0 Å². The van der Waals surface area contributed by atoms with E-state index in [1.165, 1.54) is 82.9 Å². The SMILES string of the molecule is C(=C\C1CCC2(CC1)CCC(OCCN1CCCC1)CC2)/c1cccnc1. The molecule has 27 heavy (non-hydrogen) atoms. The van der Waals surface area contributed by atoms with Crippen molar-refractivity contribution < 1.29 is 4.74 Å². The second kappa shape index (κ2) is 9.34.